The van der Waals surface area contributed by atoms with Crippen molar-refractivity contribution in [3.05, 3.63) is 17.0 Å². The minimum absolute atomic E-state index is 0. The number of carbonyl (C=O) groups is 3. The number of rotatable bonds is 1. The first-order chi connectivity index (χ1) is 16.2. The molecule has 6 heterocycles. The number of urea groups is 1. The zero-order chi connectivity index (χ0) is 23.9. The topological polar surface area (TPSA) is 157 Å². The van der Waals surface area contributed by atoms with Crippen molar-refractivity contribution in [1.82, 2.24) is 35.5 Å². The summed E-state index contributed by atoms with van der Waals surface area (Å²) >= 11 is 6.86. The molecule has 14 heteroatoms. The minimum Gasteiger partial charge on any atom is -0.372 e. The third-order valence-corrected chi connectivity index (χ3v) is 7.05. The van der Waals surface area contributed by atoms with Crippen LogP contribution in [-0.2, 0) is 27.8 Å². The zero-order valence-electron chi connectivity index (χ0n) is 18.3. The quantitative estimate of drug-likeness (QED) is 0.469. The van der Waals surface area contributed by atoms with Gasteiger partial charge in [-0.1, -0.05) is 16.8 Å². The lowest BCUT2D eigenvalue weighted by molar-refractivity contribution is -0.153. The standard InChI is InChI=1S/C20H19ClN8O5.H2/c1-7-5-29-13-9(4-20(15(29)8(2)33-7)17(30)25-19(32)26-18(20)31)24-11-12(16-22-6-23-28(16)3)27-34-14(11)10(13)21;/h6-8,15H,4-5H2,1-3H3,(H2,25,26,30,31,32);1H/t7-,8+,15-;/m1./s1. The van der Waals surface area contributed by atoms with Crippen LogP contribution in [0.4, 0.5) is 10.5 Å². The molecule has 3 atom stereocenters. The van der Waals surface area contributed by atoms with E-state index in [2.05, 4.69) is 25.9 Å². The molecule has 2 N–H and O–H groups in total. The fraction of sp³-hybridized carbons (Fsp3) is 0.450. The van der Waals surface area contributed by atoms with Crippen LogP contribution in [0.25, 0.3) is 22.6 Å². The summed E-state index contributed by atoms with van der Waals surface area (Å²) in [5.74, 6) is -0.995. The summed E-state index contributed by atoms with van der Waals surface area (Å²) in [5, 5.41) is 12.9. The van der Waals surface area contributed by atoms with E-state index in [0.717, 1.165) is 0 Å². The number of hydrogen-bond acceptors (Lipinski definition) is 10. The number of amides is 4. The highest BCUT2D eigenvalue weighted by molar-refractivity contribution is 6.38. The van der Waals surface area contributed by atoms with Crippen LogP contribution in [0.15, 0.2) is 10.9 Å². The Kier molecular flexibility index (Phi) is 4.30. The number of morpholine rings is 1. The summed E-state index contributed by atoms with van der Waals surface area (Å²) < 4.78 is 13.1. The number of hydrogen-bond donors (Lipinski definition) is 2. The van der Waals surface area contributed by atoms with Crippen molar-refractivity contribution >= 4 is 46.2 Å². The lowest BCUT2D eigenvalue weighted by Gasteiger charge is -2.55. The molecule has 0 unspecified atom stereocenters. The first-order valence-corrected chi connectivity index (χ1v) is 11.0. The van der Waals surface area contributed by atoms with Gasteiger partial charge in [0.25, 0.3) is 0 Å². The van der Waals surface area contributed by atoms with Crippen molar-refractivity contribution in [2.24, 2.45) is 12.5 Å². The Hall–Kier alpha value is -3.58. The molecule has 2 saturated heterocycles. The third-order valence-electron chi connectivity index (χ3n) is 6.70. The van der Waals surface area contributed by atoms with Gasteiger partial charge >= 0.3 is 6.03 Å². The average Bonchev–Trinajstić information content (AvgIpc) is 3.37. The smallest absolute Gasteiger partial charge is 0.328 e. The monoisotopic (exact) mass is 488 g/mol. The van der Waals surface area contributed by atoms with Crippen molar-refractivity contribution in [2.45, 2.75) is 38.5 Å². The molecule has 3 aromatic rings. The summed E-state index contributed by atoms with van der Waals surface area (Å²) in [6.07, 6.45) is 0.522. The molecule has 0 radical (unpaired) electrons. The van der Waals surface area contributed by atoms with Crippen LogP contribution in [-0.4, -0.2) is 67.5 Å². The molecular weight excluding hydrogens is 468 g/mol. The fourth-order valence-electron chi connectivity index (χ4n) is 5.41. The van der Waals surface area contributed by atoms with Gasteiger partial charge in [0, 0.05) is 21.4 Å². The number of carbonyl (C=O) groups excluding carboxylic acids is 3. The normalized spacial score (nSPS) is 25.8. The number of imide groups is 2. The number of pyridine rings is 1. The van der Waals surface area contributed by atoms with Gasteiger partial charge in [0.15, 0.2) is 16.9 Å². The van der Waals surface area contributed by atoms with Gasteiger partial charge in [-0.15, -0.1) is 0 Å². The number of fused-ring (bicyclic) bond motifs is 5. The molecule has 34 heavy (non-hydrogen) atoms. The van der Waals surface area contributed by atoms with Gasteiger partial charge in [-0.05, 0) is 13.8 Å². The summed E-state index contributed by atoms with van der Waals surface area (Å²) in [7, 11) is 1.70. The summed E-state index contributed by atoms with van der Waals surface area (Å²) in [6, 6.07) is -1.59. The molecule has 13 nitrogen and oxygen atoms in total. The van der Waals surface area contributed by atoms with Gasteiger partial charge in [-0.25, -0.2) is 19.4 Å². The number of nitrogens with one attached hydrogen (secondary N) is 2. The van der Waals surface area contributed by atoms with Crippen LogP contribution in [0.3, 0.4) is 0 Å². The second-order valence-corrected chi connectivity index (χ2v) is 9.15. The van der Waals surface area contributed by atoms with E-state index in [1.165, 1.54) is 11.0 Å². The number of nitrogens with zero attached hydrogens (tertiary/aromatic N) is 6. The lowest BCUT2D eigenvalue weighted by Crippen LogP contribution is -2.75. The van der Waals surface area contributed by atoms with Crippen LogP contribution in [0, 0.1) is 5.41 Å². The highest BCUT2D eigenvalue weighted by atomic mass is 35.5. The molecular formula is C20H21ClN8O5. The molecule has 0 saturated carbocycles. The SMILES string of the molecule is C[C@@H]1CN2c3c(nc4c(-c5ncnn5C)noc4c3Cl)CC3(C(=O)NC(=O)NC3=O)[C@H]2[C@H](C)O1.[HH]. The van der Waals surface area contributed by atoms with Crippen LogP contribution in [0.2, 0.25) is 5.02 Å². The van der Waals surface area contributed by atoms with Crippen LogP contribution in [0.1, 0.15) is 21.0 Å². The van der Waals surface area contributed by atoms with Crippen LogP contribution < -0.4 is 15.5 Å². The van der Waals surface area contributed by atoms with Gasteiger partial charge in [-0.2, -0.15) is 5.10 Å². The first-order valence-electron chi connectivity index (χ1n) is 10.6. The highest BCUT2D eigenvalue weighted by Crippen LogP contribution is 2.50. The van der Waals surface area contributed by atoms with Crippen LogP contribution in [0.5, 0.6) is 0 Å². The Morgan fingerprint density at radius 2 is 1.97 bits per heavy atom. The largest absolute Gasteiger partial charge is 0.372 e. The van der Waals surface area contributed by atoms with Gasteiger partial charge in [0.1, 0.15) is 16.9 Å². The van der Waals surface area contributed by atoms with Crippen molar-refractivity contribution in [1.29, 1.82) is 0 Å². The van der Waals surface area contributed by atoms with E-state index in [4.69, 9.17) is 25.8 Å². The van der Waals surface area contributed by atoms with Crippen molar-refractivity contribution in [3.63, 3.8) is 0 Å². The molecule has 1 spiro atoms. The Bertz CT molecular complexity index is 1390. The third kappa shape index (κ3) is 2.61. The molecule has 178 valence electrons. The van der Waals surface area contributed by atoms with Gasteiger partial charge in [-0.3, -0.25) is 20.2 Å². The van der Waals surface area contributed by atoms with Crippen LogP contribution >= 0.6 is 11.6 Å². The maximum absolute atomic E-state index is 13.3. The van der Waals surface area contributed by atoms with E-state index in [-0.39, 0.29) is 24.6 Å². The Morgan fingerprint density at radius 1 is 1.24 bits per heavy atom. The van der Waals surface area contributed by atoms with E-state index in [9.17, 15) is 14.4 Å². The fourth-order valence-corrected chi connectivity index (χ4v) is 5.76. The second-order valence-electron chi connectivity index (χ2n) is 8.77. The average molecular weight is 489 g/mol. The predicted octanol–water partition coefficient (Wildman–Crippen LogP) is 0.808. The maximum atomic E-state index is 13.3. The highest BCUT2D eigenvalue weighted by Gasteiger charge is 2.63. The number of anilines is 1. The zero-order valence-corrected chi connectivity index (χ0v) is 19.1. The number of aromatic nitrogens is 5. The molecule has 0 bridgehead atoms. The van der Waals surface area contributed by atoms with Gasteiger partial charge in [0.2, 0.25) is 17.4 Å². The van der Waals surface area contributed by atoms with Gasteiger partial charge in [0.05, 0.1) is 29.6 Å². The Morgan fingerprint density at radius 3 is 2.65 bits per heavy atom. The van der Waals surface area contributed by atoms with E-state index in [1.54, 1.807) is 14.0 Å². The maximum Gasteiger partial charge on any atom is 0.328 e. The predicted molar refractivity (Wildman–Crippen MR) is 118 cm³/mol. The van der Waals surface area contributed by atoms with Crippen molar-refractivity contribution in [2.75, 3.05) is 11.4 Å². The summed E-state index contributed by atoms with van der Waals surface area (Å²) in [6.45, 7) is 4.02. The number of ether oxygens (including phenoxy) is 1. The van der Waals surface area contributed by atoms with Crippen molar-refractivity contribution in [3.8, 4) is 11.5 Å². The number of aryl methyl sites for hydroxylation is 1. The second kappa shape index (κ2) is 6.96. The molecule has 4 amide bonds. The lowest BCUT2D eigenvalue weighted by atomic mass is 9.67. The van der Waals surface area contributed by atoms with E-state index in [1.807, 2.05) is 11.8 Å². The van der Waals surface area contributed by atoms with Crippen molar-refractivity contribution < 1.29 is 25.1 Å². The van der Waals surface area contributed by atoms with Gasteiger partial charge < -0.3 is 14.2 Å². The molecule has 3 aromatic heterocycles. The summed E-state index contributed by atoms with van der Waals surface area (Å²) in [5.41, 5.74) is 0.203. The Balaban J connectivity index is 0.00000253. The first kappa shape index (κ1) is 21.0. The van der Waals surface area contributed by atoms with E-state index in [0.29, 0.717) is 35.0 Å². The molecule has 0 aromatic carbocycles. The molecule has 6 rings (SSSR count). The number of halogens is 1. The molecule has 0 aliphatic carbocycles. The Labute approximate surface area is 198 Å². The summed E-state index contributed by atoms with van der Waals surface area (Å²) in [4.78, 5) is 49.3. The molecule has 3 aliphatic heterocycles. The molecule has 2 fully saturated rings. The molecule has 3 aliphatic rings. The minimum atomic E-state index is -1.66. The van der Waals surface area contributed by atoms with E-state index >= 15 is 0 Å². The van der Waals surface area contributed by atoms with E-state index < -0.39 is 35.4 Å². The number of barbiturate groups is 1.